The molecule has 1 aromatic rings. The minimum Gasteiger partial charge on any atom is -0.348 e. The van der Waals surface area contributed by atoms with Crippen molar-refractivity contribution in [3.05, 3.63) is 45.4 Å². The maximum atomic E-state index is 11.8. The summed E-state index contributed by atoms with van der Waals surface area (Å²) in [4.78, 5) is 26.1. The molecule has 0 aliphatic carbocycles. The summed E-state index contributed by atoms with van der Waals surface area (Å²) in [7, 11) is 0. The van der Waals surface area contributed by atoms with E-state index in [1.165, 1.54) is 5.57 Å². The van der Waals surface area contributed by atoms with Crippen LogP contribution in [0.2, 0.25) is 0 Å². The molecule has 1 aliphatic rings. The lowest BCUT2D eigenvalue weighted by molar-refractivity contribution is 0.0955. The molecule has 0 spiro atoms. The second kappa shape index (κ2) is 7.11. The summed E-state index contributed by atoms with van der Waals surface area (Å²) in [6.45, 7) is 4.07. The molecule has 1 aromatic heterocycles. The van der Waals surface area contributed by atoms with Gasteiger partial charge in [0.15, 0.2) is 0 Å². The molecule has 1 aliphatic heterocycles. The molecule has 0 radical (unpaired) electrons. The van der Waals surface area contributed by atoms with Crippen LogP contribution in [0.25, 0.3) is 0 Å². The molecule has 0 fully saturated rings. The fourth-order valence-electron chi connectivity index (χ4n) is 1.87. The molecule has 1 amide bonds. The van der Waals surface area contributed by atoms with Crippen LogP contribution in [0.1, 0.15) is 22.5 Å². The van der Waals surface area contributed by atoms with Gasteiger partial charge in [-0.05, 0) is 32.0 Å². The van der Waals surface area contributed by atoms with E-state index in [0.29, 0.717) is 6.54 Å². The van der Waals surface area contributed by atoms with Crippen molar-refractivity contribution in [2.75, 3.05) is 19.6 Å². The lowest BCUT2D eigenvalue weighted by Crippen LogP contribution is -2.32. The van der Waals surface area contributed by atoms with Crippen molar-refractivity contribution in [2.45, 2.75) is 13.3 Å². The van der Waals surface area contributed by atoms with Crippen LogP contribution in [-0.4, -0.2) is 30.5 Å². The maximum absolute atomic E-state index is 11.8. The van der Waals surface area contributed by atoms with Gasteiger partial charge in [-0.25, -0.2) is 0 Å². The number of pyridine rings is 1. The summed E-state index contributed by atoms with van der Waals surface area (Å²) in [5.41, 5.74) is 1.77. The first kappa shape index (κ1) is 15.5. The predicted molar refractivity (Wildman–Crippen MR) is 77.0 cm³/mol. The molecule has 19 heavy (non-hydrogen) atoms. The average Bonchev–Trinajstić information content (AvgIpc) is 2.37. The molecular formula is C13H18ClN3O2. The highest BCUT2D eigenvalue weighted by Gasteiger charge is 2.11. The highest BCUT2D eigenvalue weighted by atomic mass is 35.5. The van der Waals surface area contributed by atoms with Gasteiger partial charge in [-0.2, -0.15) is 0 Å². The van der Waals surface area contributed by atoms with E-state index in [2.05, 4.69) is 21.7 Å². The highest BCUT2D eigenvalue weighted by molar-refractivity contribution is 5.93. The smallest absolute Gasteiger partial charge is 0.260 e. The largest absolute Gasteiger partial charge is 0.348 e. The molecule has 6 heteroatoms. The molecular weight excluding hydrogens is 266 g/mol. The number of carbonyl (C=O) groups is 1. The quantitative estimate of drug-likeness (QED) is 0.717. The first-order valence-corrected chi connectivity index (χ1v) is 6.03. The number of halogens is 1. The molecule has 104 valence electrons. The molecule has 0 saturated carbocycles. The van der Waals surface area contributed by atoms with E-state index >= 15 is 0 Å². The average molecular weight is 284 g/mol. The topological polar surface area (TPSA) is 74.0 Å². The molecule has 3 N–H and O–H groups in total. The second-order valence-corrected chi connectivity index (χ2v) is 4.38. The van der Waals surface area contributed by atoms with Crippen LogP contribution >= 0.6 is 12.4 Å². The highest BCUT2D eigenvalue weighted by Crippen LogP contribution is 2.02. The van der Waals surface area contributed by atoms with E-state index in [-0.39, 0.29) is 29.4 Å². The lowest BCUT2D eigenvalue weighted by atomic mass is 10.1. The number of aromatic nitrogens is 1. The standard InChI is InChI=1S/C13H17N3O2.ClH/c1-9-2-3-11(13(18)16-9)12(17)15-8-10-4-6-14-7-5-10;/h2-4,14H,5-8H2,1H3,(H,15,17)(H,16,18);1H. The summed E-state index contributed by atoms with van der Waals surface area (Å²) >= 11 is 0. The number of hydrogen-bond donors (Lipinski definition) is 3. The summed E-state index contributed by atoms with van der Waals surface area (Å²) in [6.07, 6.45) is 3.01. The van der Waals surface area contributed by atoms with Crippen molar-refractivity contribution in [2.24, 2.45) is 0 Å². The predicted octanol–water partition coefficient (Wildman–Crippen LogP) is 0.755. The third kappa shape index (κ3) is 4.22. The zero-order valence-corrected chi connectivity index (χ0v) is 11.6. The molecule has 2 heterocycles. The fourth-order valence-corrected chi connectivity index (χ4v) is 1.87. The minimum absolute atomic E-state index is 0. The van der Waals surface area contributed by atoms with E-state index in [0.717, 1.165) is 25.2 Å². The Bertz CT molecular complexity index is 537. The molecule has 0 atom stereocenters. The molecule has 5 nitrogen and oxygen atoms in total. The number of amides is 1. The van der Waals surface area contributed by atoms with Gasteiger partial charge in [-0.1, -0.05) is 11.6 Å². The second-order valence-electron chi connectivity index (χ2n) is 4.38. The molecule has 0 aromatic carbocycles. The van der Waals surface area contributed by atoms with Crippen molar-refractivity contribution in [1.29, 1.82) is 0 Å². The Labute approximate surface area is 117 Å². The first-order chi connectivity index (χ1) is 8.66. The van der Waals surface area contributed by atoms with Gasteiger partial charge in [0.25, 0.3) is 11.5 Å². The zero-order chi connectivity index (χ0) is 13.0. The van der Waals surface area contributed by atoms with Gasteiger partial charge in [0.2, 0.25) is 0 Å². The van der Waals surface area contributed by atoms with E-state index < -0.39 is 0 Å². The Balaban J connectivity index is 0.00000180. The van der Waals surface area contributed by atoms with Crippen LogP contribution in [0.4, 0.5) is 0 Å². The van der Waals surface area contributed by atoms with Gasteiger partial charge in [-0.15, -0.1) is 12.4 Å². The fraction of sp³-hybridized carbons (Fsp3) is 0.385. The van der Waals surface area contributed by atoms with Crippen molar-refractivity contribution >= 4 is 18.3 Å². The van der Waals surface area contributed by atoms with Crippen molar-refractivity contribution in [1.82, 2.24) is 15.6 Å². The maximum Gasteiger partial charge on any atom is 0.260 e. The van der Waals surface area contributed by atoms with E-state index in [9.17, 15) is 9.59 Å². The molecule has 0 unspecified atom stereocenters. The van der Waals surface area contributed by atoms with Crippen molar-refractivity contribution < 1.29 is 4.79 Å². The third-order valence-corrected chi connectivity index (χ3v) is 2.93. The number of hydrogen-bond acceptors (Lipinski definition) is 3. The Morgan fingerprint density at radius 1 is 1.42 bits per heavy atom. The number of rotatable bonds is 3. The summed E-state index contributed by atoms with van der Waals surface area (Å²) < 4.78 is 0. The molecule has 0 bridgehead atoms. The first-order valence-electron chi connectivity index (χ1n) is 6.03. The number of H-pyrrole nitrogens is 1. The van der Waals surface area contributed by atoms with Gasteiger partial charge in [0.1, 0.15) is 5.56 Å². The Morgan fingerprint density at radius 3 is 2.84 bits per heavy atom. The van der Waals surface area contributed by atoms with E-state index in [1.54, 1.807) is 19.1 Å². The van der Waals surface area contributed by atoms with Crippen LogP contribution in [0.3, 0.4) is 0 Å². The monoisotopic (exact) mass is 283 g/mol. The van der Waals surface area contributed by atoms with Crippen LogP contribution in [0.15, 0.2) is 28.6 Å². The normalized spacial score (nSPS) is 14.3. The Morgan fingerprint density at radius 2 is 2.21 bits per heavy atom. The van der Waals surface area contributed by atoms with E-state index in [1.807, 2.05) is 0 Å². The summed E-state index contributed by atoms with van der Waals surface area (Å²) in [5, 5.41) is 5.98. The van der Waals surface area contributed by atoms with Crippen LogP contribution in [0.5, 0.6) is 0 Å². The Kier molecular flexibility index (Phi) is 5.79. The van der Waals surface area contributed by atoms with E-state index in [4.69, 9.17) is 0 Å². The minimum atomic E-state index is -0.341. The molecule has 2 rings (SSSR count). The Hall–Kier alpha value is -1.59. The van der Waals surface area contributed by atoms with Gasteiger partial charge in [0, 0.05) is 18.8 Å². The van der Waals surface area contributed by atoms with Crippen LogP contribution in [0, 0.1) is 6.92 Å². The van der Waals surface area contributed by atoms with Gasteiger partial charge >= 0.3 is 0 Å². The number of aryl methyl sites for hydroxylation is 1. The van der Waals surface area contributed by atoms with Crippen molar-refractivity contribution in [3.8, 4) is 0 Å². The van der Waals surface area contributed by atoms with Crippen LogP contribution < -0.4 is 16.2 Å². The van der Waals surface area contributed by atoms with Crippen molar-refractivity contribution in [3.63, 3.8) is 0 Å². The van der Waals surface area contributed by atoms with Gasteiger partial charge < -0.3 is 15.6 Å². The summed E-state index contributed by atoms with van der Waals surface area (Å²) in [5.74, 6) is -0.323. The number of nitrogens with one attached hydrogen (secondary N) is 3. The zero-order valence-electron chi connectivity index (χ0n) is 10.8. The SMILES string of the molecule is Cc1ccc(C(=O)NCC2=CCNCC2)c(=O)[nH]1.Cl. The number of aromatic amines is 1. The molecule has 0 saturated heterocycles. The lowest BCUT2D eigenvalue weighted by Gasteiger charge is -2.14. The third-order valence-electron chi connectivity index (χ3n) is 2.93. The van der Waals surface area contributed by atoms with Gasteiger partial charge in [-0.3, -0.25) is 9.59 Å². The van der Waals surface area contributed by atoms with Crippen LogP contribution in [-0.2, 0) is 0 Å². The summed E-state index contributed by atoms with van der Waals surface area (Å²) in [6, 6.07) is 3.28. The van der Waals surface area contributed by atoms with Gasteiger partial charge in [0.05, 0.1) is 0 Å². The number of carbonyl (C=O) groups excluding carboxylic acids is 1.